The van der Waals surface area contributed by atoms with Crippen molar-refractivity contribution in [2.75, 3.05) is 0 Å². The largest absolute Gasteiger partial charge is 0.512 e. The summed E-state index contributed by atoms with van der Waals surface area (Å²) in [5.74, 6) is 1.17. The van der Waals surface area contributed by atoms with Gasteiger partial charge >= 0.3 is 0 Å². The van der Waals surface area contributed by atoms with Crippen molar-refractivity contribution in [1.29, 1.82) is 0 Å². The molecular formula is C43H55IrN2O2-. The van der Waals surface area contributed by atoms with Crippen LogP contribution in [-0.4, -0.2) is 20.9 Å². The van der Waals surface area contributed by atoms with Gasteiger partial charge in [-0.3, -0.25) is 14.8 Å². The molecule has 4 aromatic rings. The number of fused-ring (bicyclic) bond motifs is 4. The number of aliphatic hydroxyl groups excluding tert-OH is 1. The van der Waals surface area contributed by atoms with Gasteiger partial charge in [-0.05, 0) is 85.1 Å². The third-order valence-corrected chi connectivity index (χ3v) is 9.57. The van der Waals surface area contributed by atoms with Crippen LogP contribution >= 0.6 is 0 Å². The molecule has 1 radical (unpaired) electrons. The Bertz CT molecular complexity index is 1710. The monoisotopic (exact) mass is 824 g/mol. The summed E-state index contributed by atoms with van der Waals surface area (Å²) in [6, 6.07) is 19.1. The number of hydrogen-bond donors (Lipinski definition) is 1. The van der Waals surface area contributed by atoms with Crippen molar-refractivity contribution < 1.29 is 30.0 Å². The summed E-state index contributed by atoms with van der Waals surface area (Å²) in [7, 11) is 0. The van der Waals surface area contributed by atoms with Crippen LogP contribution in [0, 0.1) is 23.8 Å². The number of aryl methyl sites for hydroxylation is 1. The van der Waals surface area contributed by atoms with Crippen molar-refractivity contribution in [1.82, 2.24) is 9.97 Å². The normalized spacial score (nSPS) is 12.8. The van der Waals surface area contributed by atoms with E-state index in [0.717, 1.165) is 61.6 Å². The van der Waals surface area contributed by atoms with Crippen LogP contribution in [0.4, 0.5) is 0 Å². The van der Waals surface area contributed by atoms with Gasteiger partial charge in [-0.25, -0.2) is 0 Å². The SMILES string of the molecule is CC(C)Cc1cc2c(cn1)-c1ccnc(-c3[c-]c4ccccc4c(C(C)(C)C)c3)c1CC2.CCC(CC)C(=O)/C=C(\O)C(CC)CC.[Ir]. The summed E-state index contributed by atoms with van der Waals surface area (Å²) in [6.07, 6.45) is 12.0. The van der Waals surface area contributed by atoms with Gasteiger partial charge in [-0.1, -0.05) is 91.5 Å². The van der Waals surface area contributed by atoms with Gasteiger partial charge in [-0.15, -0.1) is 29.1 Å². The van der Waals surface area contributed by atoms with E-state index >= 15 is 0 Å². The van der Waals surface area contributed by atoms with Crippen molar-refractivity contribution in [3.8, 4) is 22.4 Å². The average Bonchev–Trinajstić information content (AvgIpc) is 3.04. The predicted octanol–water partition coefficient (Wildman–Crippen LogP) is 11.2. The quantitative estimate of drug-likeness (QED) is 0.0983. The van der Waals surface area contributed by atoms with Crippen molar-refractivity contribution in [2.24, 2.45) is 17.8 Å². The number of allylic oxidation sites excluding steroid dienone is 2. The minimum absolute atomic E-state index is 0. The number of benzene rings is 2. The first-order valence-electron chi connectivity index (χ1n) is 17.8. The van der Waals surface area contributed by atoms with E-state index < -0.39 is 0 Å². The van der Waals surface area contributed by atoms with Gasteiger partial charge in [-0.2, -0.15) is 0 Å². The minimum Gasteiger partial charge on any atom is -0.512 e. The number of aromatic nitrogens is 2. The second-order valence-corrected chi connectivity index (χ2v) is 14.5. The van der Waals surface area contributed by atoms with E-state index in [1.165, 1.54) is 45.0 Å². The van der Waals surface area contributed by atoms with Crippen LogP contribution in [0.3, 0.4) is 0 Å². The molecule has 4 nitrogen and oxygen atoms in total. The van der Waals surface area contributed by atoms with E-state index in [1.54, 1.807) is 0 Å². The zero-order chi connectivity index (χ0) is 34.3. The van der Waals surface area contributed by atoms with Crippen LogP contribution in [0.5, 0.6) is 0 Å². The van der Waals surface area contributed by atoms with E-state index in [-0.39, 0.29) is 48.9 Å². The van der Waals surface area contributed by atoms with Gasteiger partial charge in [0.15, 0.2) is 5.78 Å². The maximum absolute atomic E-state index is 11.7. The Balaban J connectivity index is 0.000000334. The molecule has 0 atom stereocenters. The fourth-order valence-corrected chi connectivity index (χ4v) is 6.77. The molecule has 0 amide bonds. The van der Waals surface area contributed by atoms with Gasteiger partial charge in [0.05, 0.1) is 5.76 Å². The molecular weight excluding hydrogens is 769 g/mol. The zero-order valence-corrected chi connectivity index (χ0v) is 32.9. The van der Waals surface area contributed by atoms with Gasteiger partial charge in [0.2, 0.25) is 0 Å². The molecule has 0 fully saturated rings. The molecule has 1 aliphatic carbocycles. The number of carbonyl (C=O) groups excluding carboxylic acids is 1. The Morgan fingerprint density at radius 2 is 1.58 bits per heavy atom. The Morgan fingerprint density at radius 1 is 0.917 bits per heavy atom. The number of hydrogen-bond acceptors (Lipinski definition) is 4. The second kappa shape index (κ2) is 17.5. The third-order valence-electron chi connectivity index (χ3n) is 9.57. The predicted molar refractivity (Wildman–Crippen MR) is 198 cm³/mol. The fraction of sp³-hybridized carbons (Fsp3) is 0.465. The van der Waals surface area contributed by atoms with Gasteiger partial charge < -0.3 is 5.11 Å². The Kier molecular flexibility index (Phi) is 14.3. The second-order valence-electron chi connectivity index (χ2n) is 14.5. The number of aliphatic hydroxyl groups is 1. The molecule has 48 heavy (non-hydrogen) atoms. The molecule has 2 heterocycles. The van der Waals surface area contributed by atoms with Crippen LogP contribution < -0.4 is 0 Å². The molecule has 0 saturated carbocycles. The standard InChI is InChI=1S/C30H31N2.C13H24O2.Ir/c1-19(2)14-23-16-21-10-11-26-25(27(21)18-32-23)12-13-31-29(26)22-15-20-8-6-7-9-24(20)28(17-22)30(3,4)5;1-5-10(6-2)12(14)9-13(15)11(7-3)8-4;/h6-9,12-13,16-19H,10-11,14H2,1-5H3;9-11,14H,5-8H2,1-4H3;/q-1;;/b;12-9-;. The van der Waals surface area contributed by atoms with Crippen molar-refractivity contribution >= 4 is 16.6 Å². The molecule has 1 N–H and O–H groups in total. The van der Waals surface area contributed by atoms with Gasteiger partial charge in [0.25, 0.3) is 0 Å². The number of carbonyl (C=O) groups is 1. The van der Waals surface area contributed by atoms with Crippen molar-refractivity contribution in [2.45, 2.75) is 113 Å². The maximum atomic E-state index is 11.7. The summed E-state index contributed by atoms with van der Waals surface area (Å²) >= 11 is 0. The van der Waals surface area contributed by atoms with Gasteiger partial charge in [0.1, 0.15) is 0 Å². The molecule has 5 heteroatoms. The van der Waals surface area contributed by atoms with Crippen LogP contribution in [0.2, 0.25) is 0 Å². The van der Waals surface area contributed by atoms with Crippen molar-refractivity contribution in [3.05, 3.63) is 95.1 Å². The zero-order valence-electron chi connectivity index (χ0n) is 30.5. The number of ketones is 1. The van der Waals surface area contributed by atoms with E-state index in [2.05, 4.69) is 89.3 Å². The third kappa shape index (κ3) is 9.30. The topological polar surface area (TPSA) is 63.1 Å². The van der Waals surface area contributed by atoms with Crippen LogP contribution in [0.1, 0.15) is 110 Å². The Labute approximate surface area is 303 Å². The minimum atomic E-state index is 0. The molecule has 0 bridgehead atoms. The van der Waals surface area contributed by atoms with Crippen LogP contribution in [0.15, 0.2) is 66.7 Å². The Morgan fingerprint density at radius 3 is 2.21 bits per heavy atom. The van der Waals surface area contributed by atoms with E-state index in [1.807, 2.05) is 33.9 Å². The molecule has 259 valence electrons. The van der Waals surface area contributed by atoms with E-state index in [4.69, 9.17) is 9.97 Å². The summed E-state index contributed by atoms with van der Waals surface area (Å²) in [5.41, 5.74) is 10.0. The fourth-order valence-electron chi connectivity index (χ4n) is 6.77. The van der Waals surface area contributed by atoms with Crippen LogP contribution in [0.25, 0.3) is 33.2 Å². The first-order chi connectivity index (χ1) is 22.4. The molecule has 0 unspecified atom stereocenters. The molecule has 2 aromatic heterocycles. The first kappa shape index (κ1) is 39.3. The summed E-state index contributed by atoms with van der Waals surface area (Å²) in [6.45, 7) is 19.4. The number of pyridine rings is 2. The molecule has 5 rings (SSSR count). The van der Waals surface area contributed by atoms with Crippen molar-refractivity contribution in [3.63, 3.8) is 0 Å². The van der Waals surface area contributed by atoms with E-state index in [9.17, 15) is 9.90 Å². The first-order valence-corrected chi connectivity index (χ1v) is 17.8. The summed E-state index contributed by atoms with van der Waals surface area (Å²) in [5, 5.41) is 12.2. The average molecular weight is 824 g/mol. The van der Waals surface area contributed by atoms with Crippen LogP contribution in [-0.2, 0) is 49.6 Å². The summed E-state index contributed by atoms with van der Waals surface area (Å²) < 4.78 is 0. The number of rotatable bonds is 10. The smallest absolute Gasteiger partial charge is 0.162 e. The molecule has 0 saturated heterocycles. The molecule has 1 aliphatic rings. The molecule has 0 spiro atoms. The van der Waals surface area contributed by atoms with E-state index in [0.29, 0.717) is 5.92 Å². The maximum Gasteiger partial charge on any atom is 0.162 e. The molecule has 0 aliphatic heterocycles. The Hall–Kier alpha value is -3.14. The summed E-state index contributed by atoms with van der Waals surface area (Å²) in [4.78, 5) is 21.4. The molecule has 2 aromatic carbocycles. The number of nitrogens with zero attached hydrogens (tertiary/aromatic N) is 2. The van der Waals surface area contributed by atoms with Gasteiger partial charge in [0, 0.05) is 67.4 Å².